The van der Waals surface area contributed by atoms with E-state index in [0.29, 0.717) is 12.8 Å². The molecule has 1 aromatic rings. The lowest BCUT2D eigenvalue weighted by Crippen LogP contribution is -2.20. The zero-order valence-corrected chi connectivity index (χ0v) is 11.3. The van der Waals surface area contributed by atoms with Crippen molar-refractivity contribution in [3.63, 3.8) is 0 Å². The lowest BCUT2D eigenvalue weighted by atomic mass is 10.1. The molecule has 108 valence electrons. The fraction of sp³-hybridized carbons (Fsp3) is 0.462. The maximum absolute atomic E-state index is 12.9. The largest absolute Gasteiger partial charge is 0.417 e. The van der Waals surface area contributed by atoms with Gasteiger partial charge in [-0.25, -0.2) is 8.42 Å². The Kier molecular flexibility index (Phi) is 3.54. The zero-order valence-electron chi connectivity index (χ0n) is 10.4. The lowest BCUT2D eigenvalue weighted by Gasteiger charge is -2.16. The first-order chi connectivity index (χ1) is 9.20. The molecule has 0 atom stereocenters. The second-order valence-electron chi connectivity index (χ2n) is 5.09. The predicted molar refractivity (Wildman–Crippen MR) is 65.4 cm³/mol. The number of hydrogen-bond acceptors (Lipinski definition) is 3. The summed E-state index contributed by atoms with van der Waals surface area (Å²) >= 11 is 0. The summed E-state index contributed by atoms with van der Waals surface area (Å²) < 4.78 is 63.0. The topological polar surface area (TPSA) is 57.9 Å². The Morgan fingerprint density at radius 2 is 1.85 bits per heavy atom. The molecular formula is C13H12F3NO2S. The van der Waals surface area contributed by atoms with Crippen LogP contribution in [0.15, 0.2) is 29.2 Å². The van der Waals surface area contributed by atoms with Crippen molar-refractivity contribution in [3.05, 3.63) is 29.8 Å². The zero-order chi connectivity index (χ0) is 15.0. The first-order valence-corrected chi connectivity index (χ1v) is 7.61. The Balaban J connectivity index is 2.39. The molecule has 0 bridgehead atoms. The molecule has 0 unspecified atom stereocenters. The van der Waals surface area contributed by atoms with Crippen LogP contribution >= 0.6 is 0 Å². The molecule has 1 saturated carbocycles. The van der Waals surface area contributed by atoms with Gasteiger partial charge in [0, 0.05) is 6.42 Å². The number of sulfone groups is 1. The highest BCUT2D eigenvalue weighted by Crippen LogP contribution is 2.50. The monoisotopic (exact) mass is 303 g/mol. The highest BCUT2D eigenvalue weighted by molar-refractivity contribution is 7.91. The van der Waals surface area contributed by atoms with E-state index in [2.05, 4.69) is 0 Å². The third kappa shape index (κ3) is 2.96. The number of nitriles is 1. The van der Waals surface area contributed by atoms with E-state index in [9.17, 15) is 21.6 Å². The molecule has 0 amide bonds. The van der Waals surface area contributed by atoms with E-state index in [-0.39, 0.29) is 6.42 Å². The minimum absolute atomic E-state index is 0.0560. The Morgan fingerprint density at radius 3 is 2.35 bits per heavy atom. The van der Waals surface area contributed by atoms with Gasteiger partial charge < -0.3 is 0 Å². The van der Waals surface area contributed by atoms with Gasteiger partial charge in [0.2, 0.25) is 0 Å². The lowest BCUT2D eigenvalue weighted by molar-refractivity contribution is -0.139. The van der Waals surface area contributed by atoms with E-state index in [4.69, 9.17) is 5.26 Å². The maximum Gasteiger partial charge on any atom is 0.417 e. The van der Waals surface area contributed by atoms with Gasteiger partial charge in [-0.05, 0) is 30.4 Å². The van der Waals surface area contributed by atoms with Crippen molar-refractivity contribution in [3.8, 4) is 6.07 Å². The van der Waals surface area contributed by atoms with Crippen molar-refractivity contribution >= 4 is 9.84 Å². The Bertz CT molecular complexity index is 655. The van der Waals surface area contributed by atoms with Gasteiger partial charge in [-0.1, -0.05) is 12.1 Å². The molecule has 3 nitrogen and oxygen atoms in total. The van der Waals surface area contributed by atoms with E-state index >= 15 is 0 Å². The number of hydrogen-bond donors (Lipinski definition) is 0. The molecule has 1 aliphatic rings. The molecule has 1 fully saturated rings. The molecule has 2 rings (SSSR count). The Hall–Kier alpha value is -1.55. The van der Waals surface area contributed by atoms with Gasteiger partial charge in [0.15, 0.2) is 9.84 Å². The first kappa shape index (κ1) is 14.9. The van der Waals surface area contributed by atoms with E-state index in [1.807, 2.05) is 6.07 Å². The second-order valence-corrected chi connectivity index (χ2v) is 7.05. The van der Waals surface area contributed by atoms with Crippen LogP contribution in [0.5, 0.6) is 0 Å². The van der Waals surface area contributed by atoms with Crippen LogP contribution in [0, 0.1) is 16.7 Å². The average Bonchev–Trinajstić information content (AvgIpc) is 3.07. The van der Waals surface area contributed by atoms with Crippen molar-refractivity contribution in [2.45, 2.75) is 30.3 Å². The minimum atomic E-state index is -4.71. The van der Waals surface area contributed by atoms with Crippen LogP contribution in [-0.2, 0) is 16.0 Å². The molecule has 0 N–H and O–H groups in total. The van der Waals surface area contributed by atoms with Crippen molar-refractivity contribution in [1.29, 1.82) is 5.26 Å². The SMILES string of the molecule is N#CCC1(CS(=O)(=O)c2ccccc2C(F)(F)F)CC1. The van der Waals surface area contributed by atoms with Crippen LogP contribution in [0.4, 0.5) is 13.2 Å². The predicted octanol–water partition coefficient (Wildman–Crippen LogP) is 3.17. The first-order valence-electron chi connectivity index (χ1n) is 5.96. The quantitative estimate of drug-likeness (QED) is 0.858. The summed E-state index contributed by atoms with van der Waals surface area (Å²) in [7, 11) is -4.06. The molecule has 20 heavy (non-hydrogen) atoms. The van der Waals surface area contributed by atoms with Crippen molar-refractivity contribution in [1.82, 2.24) is 0 Å². The maximum atomic E-state index is 12.9. The third-order valence-electron chi connectivity index (χ3n) is 3.43. The summed E-state index contributed by atoms with van der Waals surface area (Å²) in [4.78, 5) is -0.697. The van der Waals surface area contributed by atoms with Crippen LogP contribution in [0.25, 0.3) is 0 Å². The van der Waals surface area contributed by atoms with Crippen molar-refractivity contribution in [2.75, 3.05) is 5.75 Å². The number of alkyl halides is 3. The molecular weight excluding hydrogens is 291 g/mol. The van der Waals surface area contributed by atoms with Crippen LogP contribution in [0.2, 0.25) is 0 Å². The van der Waals surface area contributed by atoms with E-state index in [1.165, 1.54) is 6.07 Å². The standard InChI is InChI=1S/C13H12F3NO2S/c14-13(15,16)10-3-1-2-4-11(10)20(18,19)9-12(5-6-12)7-8-17/h1-4H,5-7,9H2. The molecule has 7 heteroatoms. The van der Waals surface area contributed by atoms with Crippen LogP contribution < -0.4 is 0 Å². The third-order valence-corrected chi connectivity index (χ3v) is 5.45. The Labute approximate surface area is 114 Å². The number of halogens is 3. The smallest absolute Gasteiger partial charge is 0.224 e. The van der Waals surface area contributed by atoms with Crippen molar-refractivity contribution in [2.24, 2.45) is 5.41 Å². The highest BCUT2D eigenvalue weighted by Gasteiger charge is 2.47. The molecule has 1 aliphatic carbocycles. The molecule has 1 aromatic carbocycles. The fourth-order valence-corrected chi connectivity index (χ4v) is 4.33. The van der Waals surface area contributed by atoms with Crippen molar-refractivity contribution < 1.29 is 21.6 Å². The summed E-state index contributed by atoms with van der Waals surface area (Å²) in [5.41, 5.74) is -1.81. The van der Waals surface area contributed by atoms with Gasteiger partial charge in [0.05, 0.1) is 22.3 Å². The van der Waals surface area contributed by atoms with Gasteiger partial charge >= 0.3 is 6.18 Å². The van der Waals surface area contributed by atoms with Crippen LogP contribution in [0.3, 0.4) is 0 Å². The molecule has 0 aromatic heterocycles. The Morgan fingerprint density at radius 1 is 1.25 bits per heavy atom. The van der Waals surface area contributed by atoms with E-state index < -0.39 is 37.6 Å². The number of benzene rings is 1. The summed E-state index contributed by atoms with van der Waals surface area (Å²) in [5.74, 6) is -0.402. The van der Waals surface area contributed by atoms with Crippen LogP contribution in [0.1, 0.15) is 24.8 Å². The summed E-state index contributed by atoms with van der Waals surface area (Å²) in [6, 6.07) is 6.06. The average molecular weight is 303 g/mol. The van der Waals surface area contributed by atoms with Crippen LogP contribution in [-0.4, -0.2) is 14.2 Å². The molecule has 0 radical (unpaired) electrons. The molecule has 0 aliphatic heterocycles. The molecule has 0 saturated heterocycles. The molecule has 0 heterocycles. The normalized spacial score (nSPS) is 17.5. The summed E-state index contributed by atoms with van der Waals surface area (Å²) in [6.07, 6.45) is -3.53. The number of nitrogens with zero attached hydrogens (tertiary/aromatic N) is 1. The van der Waals surface area contributed by atoms with Gasteiger partial charge in [-0.15, -0.1) is 0 Å². The van der Waals surface area contributed by atoms with Gasteiger partial charge in [-0.2, -0.15) is 18.4 Å². The van der Waals surface area contributed by atoms with Gasteiger partial charge in [0.1, 0.15) is 0 Å². The van der Waals surface area contributed by atoms with Gasteiger partial charge in [-0.3, -0.25) is 0 Å². The minimum Gasteiger partial charge on any atom is -0.224 e. The fourth-order valence-electron chi connectivity index (χ4n) is 2.17. The number of rotatable bonds is 4. The van der Waals surface area contributed by atoms with E-state index in [1.54, 1.807) is 0 Å². The summed E-state index contributed by atoms with van der Waals surface area (Å²) in [6.45, 7) is 0. The second kappa shape index (κ2) is 4.77. The molecule has 0 spiro atoms. The summed E-state index contributed by atoms with van der Waals surface area (Å²) in [5, 5.41) is 8.67. The van der Waals surface area contributed by atoms with Gasteiger partial charge in [0.25, 0.3) is 0 Å². The highest BCUT2D eigenvalue weighted by atomic mass is 32.2. The van der Waals surface area contributed by atoms with E-state index in [0.717, 1.165) is 18.2 Å².